The number of ketones is 1. The molecule has 0 radical (unpaired) electrons. The summed E-state index contributed by atoms with van der Waals surface area (Å²) in [7, 11) is 1.64. The molecule has 0 aromatic carbocycles. The van der Waals surface area contributed by atoms with Crippen LogP contribution in [0.3, 0.4) is 0 Å². The van der Waals surface area contributed by atoms with E-state index in [1.54, 1.807) is 25.4 Å². The van der Waals surface area contributed by atoms with Gasteiger partial charge < -0.3 is 9.88 Å². The molecule has 1 amide bonds. The molecular formula is C9H12N2O2. The van der Waals surface area contributed by atoms with Gasteiger partial charge in [-0.25, -0.2) is 0 Å². The van der Waals surface area contributed by atoms with Crippen LogP contribution in [0.5, 0.6) is 0 Å². The molecule has 1 heterocycles. The standard InChI is InChI=1S/C9H12N2O2/c1-7(12)6-9(13)11(2)8-4-3-5-10-8/h3-5,10H,6H2,1-2H3. The molecule has 0 saturated heterocycles. The van der Waals surface area contributed by atoms with Crippen LogP contribution in [0.4, 0.5) is 5.82 Å². The van der Waals surface area contributed by atoms with Gasteiger partial charge in [-0.2, -0.15) is 0 Å². The van der Waals surface area contributed by atoms with Crippen molar-refractivity contribution in [3.05, 3.63) is 18.3 Å². The van der Waals surface area contributed by atoms with Crippen LogP contribution < -0.4 is 4.90 Å². The molecular weight excluding hydrogens is 168 g/mol. The maximum Gasteiger partial charge on any atom is 0.235 e. The molecule has 13 heavy (non-hydrogen) atoms. The second kappa shape index (κ2) is 3.89. The summed E-state index contributed by atoms with van der Waals surface area (Å²) in [5, 5.41) is 0. The Kier molecular flexibility index (Phi) is 2.84. The Hall–Kier alpha value is -1.58. The van der Waals surface area contributed by atoms with Crippen LogP contribution in [-0.4, -0.2) is 23.7 Å². The van der Waals surface area contributed by atoms with Crippen LogP contribution in [-0.2, 0) is 9.59 Å². The average Bonchev–Trinajstić information content (AvgIpc) is 2.53. The number of carbonyl (C=O) groups is 2. The van der Waals surface area contributed by atoms with E-state index in [1.807, 2.05) is 0 Å². The molecule has 1 aromatic heterocycles. The smallest absolute Gasteiger partial charge is 0.235 e. The molecule has 1 rings (SSSR count). The highest BCUT2D eigenvalue weighted by Crippen LogP contribution is 2.08. The van der Waals surface area contributed by atoms with E-state index >= 15 is 0 Å². The van der Waals surface area contributed by atoms with Gasteiger partial charge in [0.2, 0.25) is 5.91 Å². The van der Waals surface area contributed by atoms with Crippen LogP contribution in [0.15, 0.2) is 18.3 Å². The maximum absolute atomic E-state index is 11.3. The fraction of sp³-hybridized carbons (Fsp3) is 0.333. The van der Waals surface area contributed by atoms with Crippen LogP contribution in [0.1, 0.15) is 13.3 Å². The topological polar surface area (TPSA) is 53.2 Å². The van der Waals surface area contributed by atoms with Crippen molar-refractivity contribution in [3.8, 4) is 0 Å². The van der Waals surface area contributed by atoms with Gasteiger partial charge >= 0.3 is 0 Å². The van der Waals surface area contributed by atoms with Gasteiger partial charge in [-0.05, 0) is 19.1 Å². The number of nitrogens with zero attached hydrogens (tertiary/aromatic N) is 1. The molecule has 0 fully saturated rings. The third kappa shape index (κ3) is 2.43. The number of hydrogen-bond donors (Lipinski definition) is 1. The molecule has 0 aliphatic heterocycles. The van der Waals surface area contributed by atoms with Gasteiger partial charge in [0.25, 0.3) is 0 Å². The molecule has 0 aliphatic rings. The molecule has 4 nitrogen and oxygen atoms in total. The first-order chi connectivity index (χ1) is 6.11. The number of carbonyl (C=O) groups excluding carboxylic acids is 2. The van der Waals surface area contributed by atoms with E-state index in [2.05, 4.69) is 4.98 Å². The van der Waals surface area contributed by atoms with Crippen LogP contribution in [0.25, 0.3) is 0 Å². The zero-order valence-electron chi connectivity index (χ0n) is 7.70. The number of anilines is 1. The van der Waals surface area contributed by atoms with Crippen molar-refractivity contribution in [3.63, 3.8) is 0 Å². The fourth-order valence-electron chi connectivity index (χ4n) is 0.995. The summed E-state index contributed by atoms with van der Waals surface area (Å²) < 4.78 is 0. The minimum absolute atomic E-state index is 0.0461. The predicted octanol–water partition coefficient (Wildman–Crippen LogP) is 0.957. The molecule has 1 N–H and O–H groups in total. The van der Waals surface area contributed by atoms with Gasteiger partial charge in [-0.3, -0.25) is 9.59 Å². The van der Waals surface area contributed by atoms with E-state index in [1.165, 1.54) is 11.8 Å². The predicted molar refractivity (Wildman–Crippen MR) is 49.5 cm³/mol. The molecule has 4 heteroatoms. The Morgan fingerprint density at radius 1 is 1.54 bits per heavy atom. The molecule has 0 aliphatic carbocycles. The Morgan fingerprint density at radius 2 is 2.23 bits per heavy atom. The normalized spacial score (nSPS) is 9.69. The molecule has 0 spiro atoms. The number of nitrogens with one attached hydrogen (secondary N) is 1. The molecule has 0 atom stereocenters. The van der Waals surface area contributed by atoms with Crippen molar-refractivity contribution in [1.29, 1.82) is 0 Å². The highest BCUT2D eigenvalue weighted by molar-refractivity contribution is 6.04. The van der Waals surface area contributed by atoms with Gasteiger partial charge in [-0.1, -0.05) is 0 Å². The minimum atomic E-state index is -0.199. The van der Waals surface area contributed by atoms with Gasteiger partial charge in [0.05, 0.1) is 6.42 Å². The number of rotatable bonds is 3. The van der Waals surface area contributed by atoms with Crippen molar-refractivity contribution in [2.45, 2.75) is 13.3 Å². The van der Waals surface area contributed by atoms with Crippen molar-refractivity contribution >= 4 is 17.5 Å². The Balaban J connectivity index is 2.63. The number of Topliss-reactive ketones (excluding diaryl/α,β-unsaturated/α-hetero) is 1. The molecule has 0 saturated carbocycles. The average molecular weight is 180 g/mol. The maximum atomic E-state index is 11.3. The number of aromatic nitrogens is 1. The third-order valence-electron chi connectivity index (χ3n) is 1.72. The number of hydrogen-bond acceptors (Lipinski definition) is 2. The summed E-state index contributed by atoms with van der Waals surface area (Å²) in [6, 6.07) is 3.57. The monoisotopic (exact) mass is 180 g/mol. The summed E-state index contributed by atoms with van der Waals surface area (Å²) in [6.07, 6.45) is 1.68. The van der Waals surface area contributed by atoms with E-state index in [-0.39, 0.29) is 18.1 Å². The first-order valence-electron chi connectivity index (χ1n) is 4.00. The zero-order valence-corrected chi connectivity index (χ0v) is 7.70. The summed E-state index contributed by atoms with van der Waals surface area (Å²) in [4.78, 5) is 26.3. The van der Waals surface area contributed by atoms with Gasteiger partial charge in [0, 0.05) is 13.2 Å². The lowest BCUT2D eigenvalue weighted by Gasteiger charge is -2.13. The van der Waals surface area contributed by atoms with E-state index in [0.29, 0.717) is 5.82 Å². The summed E-state index contributed by atoms with van der Waals surface area (Å²) >= 11 is 0. The highest BCUT2D eigenvalue weighted by atomic mass is 16.2. The number of amides is 1. The fourth-order valence-corrected chi connectivity index (χ4v) is 0.995. The molecule has 1 aromatic rings. The Morgan fingerprint density at radius 3 is 2.69 bits per heavy atom. The van der Waals surface area contributed by atoms with Crippen LogP contribution >= 0.6 is 0 Å². The van der Waals surface area contributed by atoms with Gasteiger partial charge in [0.1, 0.15) is 11.6 Å². The third-order valence-corrected chi connectivity index (χ3v) is 1.72. The lowest BCUT2D eigenvalue weighted by atomic mass is 10.3. The first-order valence-corrected chi connectivity index (χ1v) is 4.00. The van der Waals surface area contributed by atoms with E-state index in [9.17, 15) is 9.59 Å². The highest BCUT2D eigenvalue weighted by Gasteiger charge is 2.12. The first kappa shape index (κ1) is 9.51. The van der Waals surface area contributed by atoms with E-state index in [4.69, 9.17) is 0 Å². The quantitative estimate of drug-likeness (QED) is 0.704. The summed E-state index contributed by atoms with van der Waals surface area (Å²) in [5.74, 6) is 0.379. The Labute approximate surface area is 76.5 Å². The zero-order chi connectivity index (χ0) is 9.84. The van der Waals surface area contributed by atoms with Gasteiger partial charge in [0.15, 0.2) is 0 Å². The second-order valence-electron chi connectivity index (χ2n) is 2.89. The lowest BCUT2D eigenvalue weighted by Crippen LogP contribution is -2.27. The van der Waals surface area contributed by atoms with E-state index < -0.39 is 0 Å². The minimum Gasteiger partial charge on any atom is -0.348 e. The summed E-state index contributed by atoms with van der Waals surface area (Å²) in [6.45, 7) is 1.40. The van der Waals surface area contributed by atoms with E-state index in [0.717, 1.165) is 0 Å². The molecule has 70 valence electrons. The largest absolute Gasteiger partial charge is 0.348 e. The van der Waals surface area contributed by atoms with Crippen LogP contribution in [0.2, 0.25) is 0 Å². The number of aromatic amines is 1. The molecule has 0 unspecified atom stereocenters. The Bertz CT molecular complexity index is 303. The van der Waals surface area contributed by atoms with Crippen LogP contribution in [0, 0.1) is 0 Å². The van der Waals surface area contributed by atoms with Crippen molar-refractivity contribution in [2.75, 3.05) is 11.9 Å². The van der Waals surface area contributed by atoms with Crippen molar-refractivity contribution in [2.24, 2.45) is 0 Å². The van der Waals surface area contributed by atoms with Gasteiger partial charge in [-0.15, -0.1) is 0 Å². The molecule has 0 bridgehead atoms. The second-order valence-corrected chi connectivity index (χ2v) is 2.89. The van der Waals surface area contributed by atoms with Crippen molar-refractivity contribution < 1.29 is 9.59 Å². The lowest BCUT2D eigenvalue weighted by molar-refractivity contribution is -0.125. The summed E-state index contributed by atoms with van der Waals surface area (Å²) in [5.41, 5.74) is 0. The number of H-pyrrole nitrogens is 1. The van der Waals surface area contributed by atoms with Crippen molar-refractivity contribution in [1.82, 2.24) is 4.98 Å². The SMILES string of the molecule is CC(=O)CC(=O)N(C)c1ccc[nH]1.